The first kappa shape index (κ1) is 23.0. The number of hydrogen-bond acceptors (Lipinski definition) is 1. The van der Waals surface area contributed by atoms with Gasteiger partial charge in [0.15, 0.2) is 0 Å². The fourth-order valence-electron chi connectivity index (χ4n) is 6.44. The van der Waals surface area contributed by atoms with Gasteiger partial charge in [0.2, 0.25) is 0 Å². The summed E-state index contributed by atoms with van der Waals surface area (Å²) in [5.74, 6) is 0.620. The molecule has 0 heterocycles. The Bertz CT molecular complexity index is 1230. The maximum Gasteiger partial charge on any atom is 0.0599 e. The van der Waals surface area contributed by atoms with Crippen LogP contribution in [0.4, 0.5) is 5.69 Å². The zero-order valence-corrected chi connectivity index (χ0v) is 21.9. The van der Waals surface area contributed by atoms with Crippen molar-refractivity contribution in [2.75, 3.05) is 4.90 Å². The molecule has 3 aliphatic rings. The molecule has 0 spiro atoms. The lowest BCUT2D eigenvalue weighted by atomic mass is 9.79. The molecule has 5 rings (SSSR count). The van der Waals surface area contributed by atoms with Gasteiger partial charge in [-0.2, -0.15) is 0 Å². The van der Waals surface area contributed by atoms with Crippen LogP contribution in [-0.2, 0) is 5.41 Å². The monoisotopic (exact) mass is 449 g/mol. The van der Waals surface area contributed by atoms with E-state index in [9.17, 15) is 0 Å². The molecule has 176 valence electrons. The second-order valence-electron chi connectivity index (χ2n) is 12.2. The fourth-order valence-corrected chi connectivity index (χ4v) is 6.44. The van der Waals surface area contributed by atoms with Gasteiger partial charge >= 0.3 is 0 Å². The first-order chi connectivity index (χ1) is 16.0. The standard InChI is InChI=1S/C33H39N/c1-23-11-18-29-28(21-23)27-17-14-25(22-30(27)32(29,5)6)24-12-15-26(16-13-24)34(31(2,3)4)33(7)19-9-8-10-20-33/h8-10,12-19,21-23H,11,20H2,1-7H3/t23?,33-/m1/s1. The SMILES string of the molecule is CC1C=C2C(=CC1)C(C)(C)c1cc(-c3ccc(N(C(C)(C)C)[C@]4(C)C=CC=CC4)cc3)ccc12. The topological polar surface area (TPSA) is 3.24 Å². The summed E-state index contributed by atoms with van der Waals surface area (Å²) in [5.41, 5.74) is 9.77. The maximum atomic E-state index is 2.57. The lowest BCUT2D eigenvalue weighted by Crippen LogP contribution is -2.55. The summed E-state index contributed by atoms with van der Waals surface area (Å²) in [7, 11) is 0. The van der Waals surface area contributed by atoms with Gasteiger partial charge in [-0.1, -0.05) is 81.5 Å². The normalized spacial score (nSPS) is 24.9. The van der Waals surface area contributed by atoms with E-state index in [1.807, 2.05) is 0 Å². The molecule has 0 fully saturated rings. The first-order valence-corrected chi connectivity index (χ1v) is 12.8. The molecule has 2 atom stereocenters. The molecule has 0 saturated heterocycles. The molecule has 0 amide bonds. The molecule has 1 nitrogen and oxygen atoms in total. The van der Waals surface area contributed by atoms with E-state index in [2.05, 4.69) is 132 Å². The molecular formula is C33H39N. The van der Waals surface area contributed by atoms with Crippen molar-refractivity contribution < 1.29 is 0 Å². The quantitative estimate of drug-likeness (QED) is 0.452. The van der Waals surface area contributed by atoms with Crippen LogP contribution in [0.3, 0.4) is 0 Å². The molecule has 0 aliphatic heterocycles. The Morgan fingerprint density at radius 3 is 2.26 bits per heavy atom. The third-order valence-electron chi connectivity index (χ3n) is 7.97. The summed E-state index contributed by atoms with van der Waals surface area (Å²) in [5, 5.41) is 0. The van der Waals surface area contributed by atoms with E-state index in [4.69, 9.17) is 0 Å². The minimum Gasteiger partial charge on any atom is -0.358 e. The predicted molar refractivity (Wildman–Crippen MR) is 148 cm³/mol. The Balaban J connectivity index is 1.51. The van der Waals surface area contributed by atoms with Crippen LogP contribution in [0.15, 0.2) is 84.5 Å². The highest BCUT2D eigenvalue weighted by Gasteiger charge is 2.39. The van der Waals surface area contributed by atoms with E-state index in [0.29, 0.717) is 5.92 Å². The van der Waals surface area contributed by atoms with Crippen LogP contribution in [0.25, 0.3) is 16.7 Å². The van der Waals surface area contributed by atoms with Crippen molar-refractivity contribution in [3.8, 4) is 11.1 Å². The van der Waals surface area contributed by atoms with Gasteiger partial charge in [-0.15, -0.1) is 0 Å². The van der Waals surface area contributed by atoms with Crippen molar-refractivity contribution in [2.24, 2.45) is 5.92 Å². The average Bonchev–Trinajstić information content (AvgIpc) is 2.99. The number of rotatable bonds is 3. The minimum atomic E-state index is -0.0268. The van der Waals surface area contributed by atoms with Crippen LogP contribution in [0.2, 0.25) is 0 Å². The van der Waals surface area contributed by atoms with Crippen LogP contribution in [0, 0.1) is 5.92 Å². The molecule has 1 unspecified atom stereocenters. The minimum absolute atomic E-state index is 0.0122. The molecule has 0 radical (unpaired) electrons. The maximum absolute atomic E-state index is 2.57. The fraction of sp³-hybridized carbons (Fsp3) is 0.394. The smallest absolute Gasteiger partial charge is 0.0599 e. The molecule has 3 aliphatic carbocycles. The lowest BCUT2D eigenvalue weighted by Gasteiger charge is -2.50. The van der Waals surface area contributed by atoms with E-state index in [0.717, 1.165) is 12.8 Å². The zero-order valence-electron chi connectivity index (χ0n) is 21.9. The molecule has 0 bridgehead atoms. The Morgan fingerprint density at radius 1 is 0.912 bits per heavy atom. The van der Waals surface area contributed by atoms with Crippen molar-refractivity contribution in [3.05, 3.63) is 95.6 Å². The van der Waals surface area contributed by atoms with E-state index in [1.165, 1.54) is 39.1 Å². The molecular weight excluding hydrogens is 410 g/mol. The number of fused-ring (bicyclic) bond motifs is 3. The highest BCUT2D eigenvalue weighted by atomic mass is 15.2. The number of allylic oxidation sites excluding steroid dienone is 6. The number of benzene rings is 2. The van der Waals surface area contributed by atoms with Gasteiger partial charge in [-0.25, -0.2) is 0 Å². The second kappa shape index (κ2) is 7.87. The summed E-state index contributed by atoms with van der Waals surface area (Å²) in [6, 6.07) is 16.3. The summed E-state index contributed by atoms with van der Waals surface area (Å²) < 4.78 is 0. The van der Waals surface area contributed by atoms with Crippen LogP contribution in [-0.4, -0.2) is 11.1 Å². The molecule has 2 aromatic carbocycles. The predicted octanol–water partition coefficient (Wildman–Crippen LogP) is 8.87. The van der Waals surface area contributed by atoms with Gasteiger partial charge in [-0.3, -0.25) is 0 Å². The Morgan fingerprint density at radius 2 is 1.62 bits per heavy atom. The summed E-state index contributed by atoms with van der Waals surface area (Å²) in [6.07, 6.45) is 16.1. The Labute approximate surface area is 206 Å². The summed E-state index contributed by atoms with van der Waals surface area (Å²) in [6.45, 7) is 16.4. The van der Waals surface area contributed by atoms with Gasteiger partial charge in [0.25, 0.3) is 0 Å². The van der Waals surface area contributed by atoms with E-state index >= 15 is 0 Å². The third-order valence-corrected chi connectivity index (χ3v) is 7.97. The number of nitrogens with zero attached hydrogens (tertiary/aromatic N) is 1. The average molecular weight is 450 g/mol. The Hall–Kier alpha value is -2.80. The van der Waals surface area contributed by atoms with Crippen LogP contribution in [0.1, 0.15) is 72.4 Å². The van der Waals surface area contributed by atoms with Crippen LogP contribution < -0.4 is 4.90 Å². The van der Waals surface area contributed by atoms with Crippen molar-refractivity contribution in [3.63, 3.8) is 0 Å². The Kier molecular flexibility index (Phi) is 5.32. The molecule has 0 saturated carbocycles. The van der Waals surface area contributed by atoms with Crippen molar-refractivity contribution in [2.45, 2.75) is 77.8 Å². The summed E-state index contributed by atoms with van der Waals surface area (Å²) >= 11 is 0. The number of hydrogen-bond donors (Lipinski definition) is 0. The molecule has 2 aromatic rings. The second-order valence-corrected chi connectivity index (χ2v) is 12.2. The van der Waals surface area contributed by atoms with E-state index in [1.54, 1.807) is 0 Å². The number of anilines is 1. The summed E-state index contributed by atoms with van der Waals surface area (Å²) in [4.78, 5) is 2.57. The molecule has 34 heavy (non-hydrogen) atoms. The van der Waals surface area contributed by atoms with Gasteiger partial charge in [0.05, 0.1) is 5.54 Å². The highest BCUT2D eigenvalue weighted by Crippen LogP contribution is 2.52. The largest absolute Gasteiger partial charge is 0.358 e. The van der Waals surface area contributed by atoms with Gasteiger partial charge in [-0.05, 0) is 98.1 Å². The van der Waals surface area contributed by atoms with Crippen molar-refractivity contribution >= 4 is 11.3 Å². The van der Waals surface area contributed by atoms with Crippen molar-refractivity contribution in [1.29, 1.82) is 0 Å². The lowest BCUT2D eigenvalue weighted by molar-refractivity contribution is 0.389. The molecule has 0 N–H and O–H groups in total. The zero-order chi connectivity index (χ0) is 24.3. The molecule has 1 heteroatoms. The van der Waals surface area contributed by atoms with Gasteiger partial charge < -0.3 is 4.90 Å². The van der Waals surface area contributed by atoms with E-state index in [-0.39, 0.29) is 16.5 Å². The van der Waals surface area contributed by atoms with Gasteiger partial charge in [0.1, 0.15) is 0 Å². The third kappa shape index (κ3) is 3.70. The van der Waals surface area contributed by atoms with Gasteiger partial charge in [0, 0.05) is 16.6 Å². The first-order valence-electron chi connectivity index (χ1n) is 12.8. The van der Waals surface area contributed by atoms with Crippen LogP contribution >= 0.6 is 0 Å². The van der Waals surface area contributed by atoms with Crippen molar-refractivity contribution in [1.82, 2.24) is 0 Å². The molecule has 0 aromatic heterocycles. The van der Waals surface area contributed by atoms with E-state index < -0.39 is 0 Å². The highest BCUT2D eigenvalue weighted by molar-refractivity contribution is 5.91. The van der Waals surface area contributed by atoms with Crippen LogP contribution in [0.5, 0.6) is 0 Å².